The van der Waals surface area contributed by atoms with Gasteiger partial charge in [-0.2, -0.15) is 0 Å². The van der Waals surface area contributed by atoms with E-state index in [1.54, 1.807) is 0 Å². The van der Waals surface area contributed by atoms with Crippen LogP contribution in [0.25, 0.3) is 0 Å². The van der Waals surface area contributed by atoms with Crippen LogP contribution in [0.3, 0.4) is 0 Å². The van der Waals surface area contributed by atoms with Crippen molar-refractivity contribution in [3.63, 3.8) is 0 Å². The van der Waals surface area contributed by atoms with E-state index in [2.05, 4.69) is 13.8 Å². The number of rotatable bonds is 4. The Morgan fingerprint density at radius 3 is 1.50 bits per heavy atom. The smallest absolute Gasteiger partial charge is 0.0619 e. The van der Waals surface area contributed by atoms with Crippen LogP contribution in [0.5, 0.6) is 0 Å². The quantitative estimate of drug-likeness (QED) is 0.688. The summed E-state index contributed by atoms with van der Waals surface area (Å²) < 4.78 is 0. The van der Waals surface area contributed by atoms with Gasteiger partial charge in [0.2, 0.25) is 0 Å². The lowest BCUT2D eigenvalue weighted by Gasteiger charge is -2.21. The zero-order valence-electron chi connectivity index (χ0n) is 9.06. The van der Waals surface area contributed by atoms with Crippen LogP contribution in [0.15, 0.2) is 0 Å². The molecule has 12 heavy (non-hydrogen) atoms. The topological polar surface area (TPSA) is 46.2 Å². The fourth-order valence-corrected chi connectivity index (χ4v) is 1.20. The normalized spacial score (nSPS) is 10.5. The van der Waals surface area contributed by atoms with Gasteiger partial charge >= 0.3 is 0 Å². The minimum absolute atomic E-state index is 0.399. The molecule has 0 heterocycles. The average Bonchev–Trinajstić information content (AvgIpc) is 1.88. The van der Waals surface area contributed by atoms with Crippen molar-refractivity contribution >= 4 is 0 Å². The first-order valence-corrected chi connectivity index (χ1v) is 4.96. The van der Waals surface area contributed by atoms with E-state index in [-0.39, 0.29) is 0 Å². The van der Waals surface area contributed by atoms with Crippen molar-refractivity contribution in [2.24, 2.45) is 5.73 Å². The van der Waals surface area contributed by atoms with Gasteiger partial charge in [0, 0.05) is 0 Å². The van der Waals surface area contributed by atoms with Crippen LogP contribution in [0.2, 0.25) is 0 Å². The predicted molar refractivity (Wildman–Crippen MR) is 55.2 cm³/mol. The van der Waals surface area contributed by atoms with Crippen molar-refractivity contribution < 1.29 is 5.11 Å². The molecule has 3 N–H and O–H groups in total. The summed E-state index contributed by atoms with van der Waals surface area (Å²) in [6.07, 6.45) is 4.02. The molecular weight excluding hydrogens is 150 g/mol. The molecule has 0 saturated heterocycles. The average molecular weight is 175 g/mol. The van der Waals surface area contributed by atoms with Crippen molar-refractivity contribution in [1.82, 2.24) is 0 Å². The second-order valence-corrected chi connectivity index (χ2v) is 3.41. The minimum atomic E-state index is -0.399. The summed E-state index contributed by atoms with van der Waals surface area (Å²) in [6.45, 7) is 8.77. The number of hydrogen-bond donors (Lipinski definition) is 2. The maximum Gasteiger partial charge on any atom is 0.0619 e. The molecule has 0 aromatic carbocycles. The second-order valence-electron chi connectivity index (χ2n) is 3.41. The van der Waals surface area contributed by atoms with E-state index >= 15 is 0 Å². The van der Waals surface area contributed by atoms with E-state index in [1.165, 1.54) is 0 Å². The number of hydrogen-bond acceptors (Lipinski definition) is 2. The Labute approximate surface area is 77.2 Å². The highest BCUT2D eigenvalue weighted by molar-refractivity contribution is 4.69. The molecule has 0 atom stereocenters. The maximum absolute atomic E-state index is 9.51. The van der Waals surface area contributed by atoms with Crippen LogP contribution < -0.4 is 5.73 Å². The van der Waals surface area contributed by atoms with E-state index in [9.17, 15) is 5.11 Å². The lowest BCUT2D eigenvalue weighted by Crippen LogP contribution is -2.22. The van der Waals surface area contributed by atoms with Gasteiger partial charge in [0.15, 0.2) is 0 Å². The summed E-state index contributed by atoms with van der Waals surface area (Å²) in [7, 11) is 0. The van der Waals surface area contributed by atoms with E-state index in [0.29, 0.717) is 0 Å². The summed E-state index contributed by atoms with van der Waals surface area (Å²) in [4.78, 5) is 0. The first-order chi connectivity index (χ1) is 5.54. The van der Waals surface area contributed by atoms with Gasteiger partial charge in [-0.15, -0.1) is 0 Å². The standard InChI is InChI=1S/C8H18O.C2H7N/c1-4-6-8(3,9)7-5-2;1-2-3/h9H,4-7H2,1-3H3;2-3H2,1H3. The maximum atomic E-state index is 9.51. The highest BCUT2D eigenvalue weighted by Crippen LogP contribution is 2.17. The molecule has 0 aromatic heterocycles. The Morgan fingerprint density at radius 2 is 1.33 bits per heavy atom. The van der Waals surface area contributed by atoms with E-state index < -0.39 is 5.60 Å². The number of nitrogens with two attached hydrogens (primary N) is 1. The molecule has 0 spiro atoms. The van der Waals surface area contributed by atoms with Gasteiger partial charge in [-0.05, 0) is 26.3 Å². The monoisotopic (exact) mass is 175 g/mol. The molecule has 0 saturated carbocycles. The van der Waals surface area contributed by atoms with Gasteiger partial charge < -0.3 is 10.8 Å². The van der Waals surface area contributed by atoms with E-state index in [1.807, 2.05) is 13.8 Å². The molecule has 0 aliphatic rings. The molecular formula is C10H25NO. The summed E-state index contributed by atoms with van der Waals surface area (Å²) in [6, 6.07) is 0. The highest BCUT2D eigenvalue weighted by atomic mass is 16.3. The molecule has 0 bridgehead atoms. The fourth-order valence-electron chi connectivity index (χ4n) is 1.20. The highest BCUT2D eigenvalue weighted by Gasteiger charge is 2.16. The largest absolute Gasteiger partial charge is 0.390 e. The zero-order valence-corrected chi connectivity index (χ0v) is 9.06. The SMILES string of the molecule is CCCC(C)(O)CCC.CCN. The van der Waals surface area contributed by atoms with Crippen molar-refractivity contribution in [1.29, 1.82) is 0 Å². The first-order valence-electron chi connectivity index (χ1n) is 4.96. The summed E-state index contributed by atoms with van der Waals surface area (Å²) in [5.41, 5.74) is 4.45. The van der Waals surface area contributed by atoms with Crippen molar-refractivity contribution in [3.05, 3.63) is 0 Å². The third-order valence-corrected chi connectivity index (χ3v) is 1.58. The van der Waals surface area contributed by atoms with Crippen LogP contribution >= 0.6 is 0 Å². The van der Waals surface area contributed by atoms with Crippen LogP contribution in [-0.4, -0.2) is 17.3 Å². The van der Waals surface area contributed by atoms with Crippen molar-refractivity contribution in [2.45, 2.75) is 59.0 Å². The zero-order chi connectivity index (χ0) is 10.0. The van der Waals surface area contributed by atoms with Crippen LogP contribution in [0.1, 0.15) is 53.4 Å². The molecule has 0 amide bonds. The molecule has 2 nitrogen and oxygen atoms in total. The fraction of sp³-hybridized carbons (Fsp3) is 1.00. The Balaban J connectivity index is 0. The Kier molecular flexibility index (Phi) is 10.8. The number of aliphatic hydroxyl groups is 1. The molecule has 0 aliphatic carbocycles. The summed E-state index contributed by atoms with van der Waals surface area (Å²) in [5.74, 6) is 0. The van der Waals surface area contributed by atoms with Gasteiger partial charge in [0.05, 0.1) is 5.60 Å². The van der Waals surface area contributed by atoms with Crippen molar-refractivity contribution in [2.75, 3.05) is 6.54 Å². The summed E-state index contributed by atoms with van der Waals surface area (Å²) in [5, 5.41) is 9.51. The Hall–Kier alpha value is -0.0800. The molecule has 0 aromatic rings. The van der Waals surface area contributed by atoms with Gasteiger partial charge in [-0.1, -0.05) is 33.6 Å². The first kappa shape index (κ1) is 14.4. The molecule has 2 heteroatoms. The molecule has 0 fully saturated rings. The van der Waals surface area contributed by atoms with E-state index in [0.717, 1.165) is 32.2 Å². The third kappa shape index (κ3) is 12.6. The van der Waals surface area contributed by atoms with Gasteiger partial charge in [-0.3, -0.25) is 0 Å². The minimum Gasteiger partial charge on any atom is -0.390 e. The third-order valence-electron chi connectivity index (χ3n) is 1.58. The Bertz CT molecular complexity index is 73.9. The van der Waals surface area contributed by atoms with Gasteiger partial charge in [-0.25, -0.2) is 0 Å². The molecule has 0 radical (unpaired) electrons. The summed E-state index contributed by atoms with van der Waals surface area (Å²) >= 11 is 0. The predicted octanol–water partition coefficient (Wildman–Crippen LogP) is 2.30. The molecule has 0 aliphatic heterocycles. The van der Waals surface area contributed by atoms with Crippen LogP contribution in [0.4, 0.5) is 0 Å². The van der Waals surface area contributed by atoms with Crippen molar-refractivity contribution in [3.8, 4) is 0 Å². The van der Waals surface area contributed by atoms with E-state index in [4.69, 9.17) is 5.73 Å². The van der Waals surface area contributed by atoms with Gasteiger partial charge in [0.25, 0.3) is 0 Å². The molecule has 0 rings (SSSR count). The van der Waals surface area contributed by atoms with Crippen LogP contribution in [0, 0.1) is 0 Å². The van der Waals surface area contributed by atoms with Crippen LogP contribution in [-0.2, 0) is 0 Å². The molecule has 0 unspecified atom stereocenters. The molecule has 76 valence electrons. The van der Waals surface area contributed by atoms with Gasteiger partial charge in [0.1, 0.15) is 0 Å². The second kappa shape index (κ2) is 9.01. The Morgan fingerprint density at radius 1 is 1.08 bits per heavy atom. The lowest BCUT2D eigenvalue weighted by atomic mass is 9.95. The lowest BCUT2D eigenvalue weighted by molar-refractivity contribution is 0.0406.